The van der Waals surface area contributed by atoms with E-state index in [0.717, 1.165) is 44.1 Å². The van der Waals surface area contributed by atoms with Crippen LogP contribution >= 0.6 is 6.89 Å². The fourth-order valence-corrected chi connectivity index (χ4v) is 10.1. The summed E-state index contributed by atoms with van der Waals surface area (Å²) in [6.45, 7) is -2.83. The normalized spacial score (nSPS) is 11.3. The van der Waals surface area contributed by atoms with Crippen LogP contribution in [0.25, 0.3) is 11.4 Å². The second kappa shape index (κ2) is 12.6. The molecule has 0 aliphatic carbocycles. The molecular formula is C35H29N8O2P. The maximum absolute atomic E-state index is 5.43. The fourth-order valence-electron chi connectivity index (χ4n) is 5.65. The van der Waals surface area contributed by atoms with Crippen LogP contribution in [0, 0.1) is 0 Å². The third kappa shape index (κ3) is 5.04. The summed E-state index contributed by atoms with van der Waals surface area (Å²) < 4.78 is 14.3. The van der Waals surface area contributed by atoms with Gasteiger partial charge in [0.05, 0.1) is 30.9 Å². The zero-order valence-electron chi connectivity index (χ0n) is 25.1. The summed E-state index contributed by atoms with van der Waals surface area (Å²) >= 11 is 0. The molecule has 0 bridgehead atoms. The molecule has 46 heavy (non-hydrogen) atoms. The number of methoxy groups -OCH3 is 2. The van der Waals surface area contributed by atoms with Crippen molar-refractivity contribution < 1.29 is 9.47 Å². The topological polar surface area (TPSA) is 106 Å². The highest BCUT2D eigenvalue weighted by Crippen LogP contribution is 2.49. The van der Waals surface area contributed by atoms with E-state index in [0.29, 0.717) is 11.6 Å². The largest absolute Gasteiger partial charge is 0.497 e. The number of rotatable bonds is 9. The van der Waals surface area contributed by atoms with Gasteiger partial charge in [-0.2, -0.15) is 9.36 Å². The van der Waals surface area contributed by atoms with Crippen molar-refractivity contribution in [1.29, 1.82) is 0 Å². The van der Waals surface area contributed by atoms with E-state index < -0.39 is 6.89 Å². The number of hydrogen-bond acceptors (Lipinski definition) is 8. The molecule has 0 saturated carbocycles. The summed E-state index contributed by atoms with van der Waals surface area (Å²) in [5.74, 6) is 2.48. The molecule has 0 aliphatic heterocycles. The van der Waals surface area contributed by atoms with Crippen LogP contribution in [0.3, 0.4) is 0 Å². The molecular weight excluding hydrogens is 595 g/mol. The molecule has 0 atom stereocenters. The summed E-state index contributed by atoms with van der Waals surface area (Å²) in [6, 6.07) is 46.7. The third-order valence-electron chi connectivity index (χ3n) is 7.76. The maximum Gasteiger partial charge on any atom is 0.192 e. The standard InChI is InChI=1S/C35H29N8O2P/c1-44-28-22-18-26(19-23-28)42-34(36-38-40-42)33(35-37-39-41-43(35)27-20-24-29(45-2)25-21-27)46(30-12-6-3-7-13-30,31-14-8-4-9-15-31)32-16-10-5-11-17-32/h3-25H,1-2H3. The lowest BCUT2D eigenvalue weighted by atomic mass is 10.2. The third-order valence-corrected chi connectivity index (χ3v) is 12.1. The average Bonchev–Trinajstić information content (AvgIpc) is 3.82. The van der Waals surface area contributed by atoms with E-state index in [1.165, 1.54) is 0 Å². The van der Waals surface area contributed by atoms with Crippen LogP contribution in [0.4, 0.5) is 0 Å². The molecule has 0 saturated heterocycles. The van der Waals surface area contributed by atoms with Gasteiger partial charge in [-0.3, -0.25) is 0 Å². The Bertz CT molecular complexity index is 1920. The number of tetrazole rings is 2. The van der Waals surface area contributed by atoms with Crippen molar-refractivity contribution in [2.24, 2.45) is 0 Å². The molecule has 0 radical (unpaired) electrons. The minimum atomic E-state index is -2.83. The molecule has 7 aromatic rings. The molecule has 2 heterocycles. The van der Waals surface area contributed by atoms with Crippen LogP contribution in [0.2, 0.25) is 0 Å². The summed E-state index contributed by atoms with van der Waals surface area (Å²) in [6.07, 6.45) is 0. The van der Waals surface area contributed by atoms with Crippen molar-refractivity contribution in [3.8, 4) is 22.9 Å². The van der Waals surface area contributed by atoms with Gasteiger partial charge in [0, 0.05) is 0 Å². The van der Waals surface area contributed by atoms with Crippen molar-refractivity contribution in [2.75, 3.05) is 14.2 Å². The highest BCUT2D eigenvalue weighted by atomic mass is 31.2. The Balaban J connectivity index is 1.69. The summed E-state index contributed by atoms with van der Waals surface area (Å²) in [5.41, 5.74) is 1.52. The molecule has 0 N–H and O–H groups in total. The van der Waals surface area contributed by atoms with Crippen molar-refractivity contribution in [2.45, 2.75) is 0 Å². The van der Waals surface area contributed by atoms with E-state index in [2.05, 4.69) is 93.6 Å². The van der Waals surface area contributed by atoms with Crippen LogP contribution in [0.5, 0.6) is 11.5 Å². The van der Waals surface area contributed by atoms with Crippen LogP contribution < -0.4 is 25.4 Å². The number of hydrogen-bond donors (Lipinski definition) is 0. The molecule has 7 rings (SSSR count). The average molecular weight is 625 g/mol. The van der Waals surface area contributed by atoms with E-state index in [4.69, 9.17) is 19.7 Å². The lowest BCUT2D eigenvalue weighted by molar-refractivity contribution is 0.414. The quantitative estimate of drug-likeness (QED) is 0.220. The predicted molar refractivity (Wildman–Crippen MR) is 180 cm³/mol. The Morgan fingerprint density at radius 1 is 0.478 bits per heavy atom. The molecule has 11 heteroatoms. The van der Waals surface area contributed by atoms with Crippen LogP contribution in [-0.4, -0.2) is 59.9 Å². The van der Waals surface area contributed by atoms with Crippen molar-refractivity contribution >= 4 is 28.1 Å². The van der Waals surface area contributed by atoms with Crippen molar-refractivity contribution in [1.82, 2.24) is 40.4 Å². The van der Waals surface area contributed by atoms with E-state index in [1.807, 2.05) is 66.7 Å². The molecule has 10 nitrogen and oxygen atoms in total. The van der Waals surface area contributed by atoms with Gasteiger partial charge in [0.2, 0.25) is 0 Å². The first-order chi connectivity index (χ1) is 22.7. The molecule has 2 aromatic heterocycles. The second-order valence-corrected chi connectivity index (χ2v) is 13.6. The van der Waals surface area contributed by atoms with Gasteiger partial charge in [-0.05, 0) is 92.2 Å². The zero-order valence-corrected chi connectivity index (χ0v) is 26.0. The van der Waals surface area contributed by atoms with Gasteiger partial charge in [-0.1, -0.05) is 91.0 Å². The highest BCUT2D eigenvalue weighted by molar-refractivity contribution is 7.96. The molecule has 5 aromatic carbocycles. The molecule has 226 valence electrons. The summed E-state index contributed by atoms with van der Waals surface area (Å²) in [4.78, 5) is 0. The Hall–Kier alpha value is -5.86. The van der Waals surface area contributed by atoms with Gasteiger partial charge in [-0.15, -0.1) is 10.2 Å². The molecule has 0 amide bonds. The van der Waals surface area contributed by atoms with Crippen LogP contribution in [-0.2, 0) is 0 Å². The highest BCUT2D eigenvalue weighted by Gasteiger charge is 2.37. The van der Waals surface area contributed by atoms with Gasteiger partial charge < -0.3 is 9.47 Å². The van der Waals surface area contributed by atoms with Crippen LogP contribution in [0.15, 0.2) is 140 Å². The maximum atomic E-state index is 5.43. The summed E-state index contributed by atoms with van der Waals surface area (Å²) in [7, 11) is 3.28. The van der Waals surface area contributed by atoms with Gasteiger partial charge in [-0.25, -0.2) is 0 Å². The van der Waals surface area contributed by atoms with E-state index >= 15 is 0 Å². The second-order valence-electron chi connectivity index (χ2n) is 10.3. The van der Waals surface area contributed by atoms with E-state index in [-0.39, 0.29) is 0 Å². The van der Waals surface area contributed by atoms with Crippen LogP contribution in [0.1, 0.15) is 11.6 Å². The van der Waals surface area contributed by atoms with E-state index in [9.17, 15) is 0 Å². The number of benzene rings is 5. The number of nitrogens with zero attached hydrogens (tertiary/aromatic N) is 8. The SMILES string of the molecule is COc1ccc(-n2nnnc2C(c2nnnn2-c2ccc(OC)cc2)=P(c2ccccc2)(c2ccccc2)c2ccccc2)cc1. The molecule has 0 spiro atoms. The number of ether oxygens (including phenoxy) is 2. The number of aromatic nitrogens is 8. The Morgan fingerprint density at radius 3 is 1.15 bits per heavy atom. The lowest BCUT2D eigenvalue weighted by Crippen LogP contribution is -2.33. The minimum absolute atomic E-state index is 0.514. The lowest BCUT2D eigenvalue weighted by Gasteiger charge is -2.32. The monoisotopic (exact) mass is 624 g/mol. The Kier molecular flexibility index (Phi) is 7.93. The van der Waals surface area contributed by atoms with Gasteiger partial charge >= 0.3 is 0 Å². The first kappa shape index (κ1) is 28.9. The Labute approximate surface area is 265 Å². The summed E-state index contributed by atoms with van der Waals surface area (Å²) in [5, 5.41) is 31.0. The molecule has 0 unspecified atom stereocenters. The first-order valence-corrected chi connectivity index (χ1v) is 16.3. The van der Waals surface area contributed by atoms with Gasteiger partial charge in [0.25, 0.3) is 0 Å². The van der Waals surface area contributed by atoms with Crippen molar-refractivity contribution in [3.05, 3.63) is 151 Å². The predicted octanol–water partition coefficient (Wildman–Crippen LogP) is 4.22. The smallest absolute Gasteiger partial charge is 0.192 e. The first-order valence-electron chi connectivity index (χ1n) is 14.5. The van der Waals surface area contributed by atoms with Crippen molar-refractivity contribution in [3.63, 3.8) is 0 Å². The Morgan fingerprint density at radius 2 is 0.826 bits per heavy atom. The van der Waals surface area contributed by atoms with Gasteiger partial charge in [0.1, 0.15) is 11.5 Å². The fraction of sp³-hybridized carbons (Fsp3) is 0.0571. The zero-order chi connectivity index (χ0) is 31.3. The van der Waals surface area contributed by atoms with E-state index in [1.54, 1.807) is 23.6 Å². The molecule has 0 aliphatic rings. The molecule has 0 fully saturated rings. The van der Waals surface area contributed by atoms with Gasteiger partial charge in [0.15, 0.2) is 11.6 Å². The minimum Gasteiger partial charge on any atom is -0.497 e.